The molecule has 0 saturated heterocycles. The third kappa shape index (κ3) is 11.0. The molecule has 0 aliphatic rings. The van der Waals surface area contributed by atoms with Crippen LogP contribution in [0.15, 0.2) is 0 Å². The first-order chi connectivity index (χ1) is 6.91. The van der Waals surface area contributed by atoms with Crippen molar-refractivity contribution in [1.82, 2.24) is 0 Å². The maximum Gasteiger partial charge on any atom is 0.303 e. The second kappa shape index (κ2) is 9.14. The van der Waals surface area contributed by atoms with Gasteiger partial charge in [-0.1, -0.05) is 0 Å². The lowest BCUT2D eigenvalue weighted by Crippen LogP contribution is -2.29. The molecule has 0 N–H and O–H groups in total. The molecule has 0 aromatic heterocycles. The number of halogens is 1. The van der Waals surface area contributed by atoms with Crippen LogP contribution in [0.4, 0.5) is 0 Å². The highest BCUT2D eigenvalue weighted by Crippen LogP contribution is 1.97. The molecule has 0 spiro atoms. The molecule has 0 aromatic rings. The fraction of sp³-hybridized carbons (Fsp3) is 0.667. The summed E-state index contributed by atoms with van der Waals surface area (Å²) >= 11 is 0. The van der Waals surface area contributed by atoms with Crippen LogP contribution in [0.1, 0.15) is 20.8 Å². The summed E-state index contributed by atoms with van der Waals surface area (Å²) in [5.74, 6) is -1.51. The number of ether oxygens (including phenoxy) is 3. The Kier molecular flexibility index (Phi) is 9.88. The van der Waals surface area contributed by atoms with E-state index < -0.39 is 24.0 Å². The predicted molar refractivity (Wildman–Crippen MR) is 59.1 cm³/mol. The van der Waals surface area contributed by atoms with Gasteiger partial charge in [-0.15, -0.1) is 17.0 Å². The zero-order valence-electron chi connectivity index (χ0n) is 9.35. The third-order valence-electron chi connectivity index (χ3n) is 1.28. The average molecular weight is 299 g/mol. The van der Waals surface area contributed by atoms with Crippen molar-refractivity contribution in [3.05, 3.63) is 0 Å². The molecular formula is C9H15BrO6. The van der Waals surface area contributed by atoms with Crippen molar-refractivity contribution in [3.63, 3.8) is 0 Å². The molecule has 0 aromatic carbocycles. The minimum Gasteiger partial charge on any atom is -0.462 e. The Balaban J connectivity index is 0. The molecule has 0 radical (unpaired) electrons. The first-order valence-electron chi connectivity index (χ1n) is 4.35. The summed E-state index contributed by atoms with van der Waals surface area (Å²) in [6.07, 6.45) is -0.754. The molecule has 0 unspecified atom stereocenters. The van der Waals surface area contributed by atoms with E-state index in [2.05, 4.69) is 9.47 Å². The fourth-order valence-electron chi connectivity index (χ4n) is 0.771. The van der Waals surface area contributed by atoms with Crippen molar-refractivity contribution < 1.29 is 28.6 Å². The highest BCUT2D eigenvalue weighted by molar-refractivity contribution is 8.93. The molecule has 7 heteroatoms. The molecule has 0 fully saturated rings. The summed E-state index contributed by atoms with van der Waals surface area (Å²) in [6, 6.07) is 0. The van der Waals surface area contributed by atoms with Crippen molar-refractivity contribution in [2.45, 2.75) is 26.9 Å². The van der Waals surface area contributed by atoms with Crippen LogP contribution in [0.3, 0.4) is 0 Å². The van der Waals surface area contributed by atoms with Gasteiger partial charge in [0.2, 0.25) is 0 Å². The highest BCUT2D eigenvalue weighted by atomic mass is 79.9. The van der Waals surface area contributed by atoms with Gasteiger partial charge >= 0.3 is 17.9 Å². The monoisotopic (exact) mass is 298 g/mol. The van der Waals surface area contributed by atoms with Gasteiger partial charge in [-0.3, -0.25) is 14.4 Å². The van der Waals surface area contributed by atoms with Crippen molar-refractivity contribution in [3.8, 4) is 0 Å². The van der Waals surface area contributed by atoms with Crippen LogP contribution in [0.2, 0.25) is 0 Å². The maximum atomic E-state index is 10.6. The third-order valence-corrected chi connectivity index (χ3v) is 1.28. The summed E-state index contributed by atoms with van der Waals surface area (Å²) in [5.41, 5.74) is 0. The Morgan fingerprint density at radius 3 is 1.50 bits per heavy atom. The molecule has 0 atom stereocenters. The molecule has 94 valence electrons. The number of hydrogen-bond acceptors (Lipinski definition) is 6. The Morgan fingerprint density at radius 1 is 0.875 bits per heavy atom. The SMILES string of the molecule is Br.CC(=O)OCC(COC(C)=O)OC(C)=O. The average Bonchev–Trinajstić information content (AvgIpc) is 2.08. The van der Waals surface area contributed by atoms with E-state index in [0.717, 1.165) is 0 Å². The Labute approximate surface area is 104 Å². The van der Waals surface area contributed by atoms with Crippen LogP contribution in [-0.4, -0.2) is 37.2 Å². The van der Waals surface area contributed by atoms with E-state index in [0.29, 0.717) is 0 Å². The van der Waals surface area contributed by atoms with Crippen LogP contribution in [0.5, 0.6) is 0 Å². The van der Waals surface area contributed by atoms with E-state index in [9.17, 15) is 14.4 Å². The fourth-order valence-corrected chi connectivity index (χ4v) is 0.771. The van der Waals surface area contributed by atoms with Gasteiger partial charge in [-0.2, -0.15) is 0 Å². The number of carbonyl (C=O) groups excluding carboxylic acids is 3. The van der Waals surface area contributed by atoms with E-state index in [1.54, 1.807) is 0 Å². The molecule has 0 aliphatic carbocycles. The topological polar surface area (TPSA) is 78.9 Å². The van der Waals surface area contributed by atoms with Gasteiger partial charge in [0.05, 0.1) is 0 Å². The summed E-state index contributed by atoms with van der Waals surface area (Å²) < 4.78 is 14.0. The molecule has 0 rings (SSSR count). The second-order valence-electron chi connectivity index (χ2n) is 2.84. The van der Waals surface area contributed by atoms with Crippen LogP contribution < -0.4 is 0 Å². The first kappa shape index (κ1) is 17.3. The Morgan fingerprint density at radius 2 is 1.25 bits per heavy atom. The minimum absolute atomic E-state index is 0. The van der Waals surface area contributed by atoms with Crippen molar-refractivity contribution in [1.29, 1.82) is 0 Å². The van der Waals surface area contributed by atoms with Gasteiger partial charge in [0.25, 0.3) is 0 Å². The van der Waals surface area contributed by atoms with Gasteiger partial charge in [0.1, 0.15) is 13.2 Å². The van der Waals surface area contributed by atoms with E-state index in [-0.39, 0.29) is 30.2 Å². The van der Waals surface area contributed by atoms with Gasteiger partial charge < -0.3 is 14.2 Å². The summed E-state index contributed by atoms with van der Waals surface area (Å²) in [6.45, 7) is 3.44. The molecule has 0 saturated carbocycles. The lowest BCUT2D eigenvalue weighted by molar-refractivity contribution is -0.163. The lowest BCUT2D eigenvalue weighted by atomic mass is 10.4. The van der Waals surface area contributed by atoms with Crippen molar-refractivity contribution in [2.24, 2.45) is 0 Å². The molecule has 6 nitrogen and oxygen atoms in total. The normalized spacial score (nSPS) is 9.00. The van der Waals surface area contributed by atoms with Crippen molar-refractivity contribution in [2.75, 3.05) is 13.2 Å². The van der Waals surface area contributed by atoms with Gasteiger partial charge in [-0.25, -0.2) is 0 Å². The molecule has 16 heavy (non-hydrogen) atoms. The standard InChI is InChI=1S/C9H14O6.BrH/c1-6(10)13-4-9(15-8(3)12)5-14-7(2)11;/h9H,4-5H2,1-3H3;1H. The predicted octanol–water partition coefficient (Wildman–Crippen LogP) is 0.622. The number of carbonyl (C=O) groups is 3. The number of rotatable bonds is 5. The summed E-state index contributed by atoms with van der Waals surface area (Å²) in [4.78, 5) is 31.6. The molecule has 0 bridgehead atoms. The van der Waals surface area contributed by atoms with Crippen LogP contribution in [0, 0.1) is 0 Å². The highest BCUT2D eigenvalue weighted by Gasteiger charge is 2.15. The summed E-state index contributed by atoms with van der Waals surface area (Å²) in [5, 5.41) is 0. The quantitative estimate of drug-likeness (QED) is 0.547. The van der Waals surface area contributed by atoms with E-state index in [4.69, 9.17) is 4.74 Å². The van der Waals surface area contributed by atoms with Crippen LogP contribution in [0.25, 0.3) is 0 Å². The second-order valence-corrected chi connectivity index (χ2v) is 2.84. The zero-order chi connectivity index (χ0) is 11.8. The summed E-state index contributed by atoms with van der Waals surface area (Å²) in [7, 11) is 0. The van der Waals surface area contributed by atoms with Crippen molar-refractivity contribution >= 4 is 34.9 Å². The molecular weight excluding hydrogens is 284 g/mol. The van der Waals surface area contributed by atoms with Gasteiger partial charge in [0.15, 0.2) is 6.10 Å². The smallest absolute Gasteiger partial charge is 0.303 e. The lowest BCUT2D eigenvalue weighted by Gasteiger charge is -2.15. The van der Waals surface area contributed by atoms with E-state index >= 15 is 0 Å². The van der Waals surface area contributed by atoms with Crippen LogP contribution in [-0.2, 0) is 28.6 Å². The largest absolute Gasteiger partial charge is 0.462 e. The Bertz CT molecular complexity index is 234. The maximum absolute atomic E-state index is 10.6. The molecule has 0 amide bonds. The minimum atomic E-state index is -0.754. The van der Waals surface area contributed by atoms with Gasteiger partial charge in [0, 0.05) is 20.8 Å². The molecule has 0 heterocycles. The zero-order valence-corrected chi connectivity index (χ0v) is 11.1. The van der Waals surface area contributed by atoms with E-state index in [1.807, 2.05) is 0 Å². The van der Waals surface area contributed by atoms with Gasteiger partial charge in [-0.05, 0) is 0 Å². The number of esters is 3. The number of hydrogen-bond donors (Lipinski definition) is 0. The molecule has 0 aliphatic heterocycles. The van der Waals surface area contributed by atoms with Crippen LogP contribution >= 0.6 is 17.0 Å². The van der Waals surface area contributed by atoms with E-state index in [1.165, 1.54) is 20.8 Å². The first-order valence-corrected chi connectivity index (χ1v) is 4.35. The Hall–Kier alpha value is -1.11.